The summed E-state index contributed by atoms with van der Waals surface area (Å²) < 4.78 is 28.4. The maximum atomic E-state index is 11.5. The van der Waals surface area contributed by atoms with Crippen molar-refractivity contribution in [2.24, 2.45) is 0 Å². The van der Waals surface area contributed by atoms with Gasteiger partial charge in [-0.2, -0.15) is 0 Å². The van der Waals surface area contributed by atoms with Crippen molar-refractivity contribution in [1.29, 1.82) is 0 Å². The highest BCUT2D eigenvalue weighted by molar-refractivity contribution is 7.91. The zero-order valence-corrected chi connectivity index (χ0v) is 11.9. The lowest BCUT2D eigenvalue weighted by Gasteiger charge is -2.19. The smallest absolute Gasteiger partial charge is 0.151 e. The zero-order chi connectivity index (χ0) is 13.5. The van der Waals surface area contributed by atoms with E-state index in [1.54, 1.807) is 0 Å². The largest absolute Gasteiger partial charge is 0.493 e. The summed E-state index contributed by atoms with van der Waals surface area (Å²) in [5, 5.41) is 3.42. The third kappa shape index (κ3) is 2.77. The maximum absolute atomic E-state index is 11.5. The van der Waals surface area contributed by atoms with Gasteiger partial charge in [-0.1, -0.05) is 12.1 Å². The Morgan fingerprint density at radius 1 is 1.42 bits per heavy atom. The van der Waals surface area contributed by atoms with Gasteiger partial charge in [0.1, 0.15) is 5.75 Å². The molecule has 104 valence electrons. The molecular formula is C14H19NO3S. The van der Waals surface area contributed by atoms with E-state index in [1.165, 1.54) is 11.1 Å². The third-order valence-corrected chi connectivity index (χ3v) is 5.70. The van der Waals surface area contributed by atoms with E-state index in [0.29, 0.717) is 5.75 Å². The van der Waals surface area contributed by atoms with E-state index in [9.17, 15) is 8.42 Å². The van der Waals surface area contributed by atoms with Crippen molar-refractivity contribution in [2.75, 3.05) is 18.1 Å². The van der Waals surface area contributed by atoms with Crippen LogP contribution < -0.4 is 10.1 Å². The number of hydrogen-bond donors (Lipinski definition) is 1. The van der Waals surface area contributed by atoms with E-state index in [4.69, 9.17) is 4.74 Å². The van der Waals surface area contributed by atoms with E-state index in [0.717, 1.165) is 25.2 Å². The van der Waals surface area contributed by atoms with Crippen molar-refractivity contribution >= 4 is 9.84 Å². The molecule has 4 nitrogen and oxygen atoms in total. The minimum Gasteiger partial charge on any atom is -0.493 e. The Labute approximate surface area is 114 Å². The average Bonchev–Trinajstić information content (AvgIpc) is 2.94. The van der Waals surface area contributed by atoms with E-state index in [2.05, 4.69) is 24.4 Å². The summed E-state index contributed by atoms with van der Waals surface area (Å²) in [5.41, 5.74) is 2.46. The van der Waals surface area contributed by atoms with Crippen molar-refractivity contribution in [3.05, 3.63) is 29.3 Å². The lowest BCUT2D eigenvalue weighted by Crippen LogP contribution is -2.32. The van der Waals surface area contributed by atoms with E-state index in [1.807, 2.05) is 6.07 Å². The highest BCUT2D eigenvalue weighted by Crippen LogP contribution is 2.28. The molecule has 1 aromatic rings. The van der Waals surface area contributed by atoms with Crippen LogP contribution >= 0.6 is 0 Å². The Hall–Kier alpha value is -1.07. The normalized spacial score (nSPS) is 25.8. The van der Waals surface area contributed by atoms with Crippen LogP contribution in [0.2, 0.25) is 0 Å². The van der Waals surface area contributed by atoms with E-state index >= 15 is 0 Å². The van der Waals surface area contributed by atoms with Crippen LogP contribution in [0.5, 0.6) is 5.75 Å². The molecular weight excluding hydrogens is 262 g/mol. The highest BCUT2D eigenvalue weighted by atomic mass is 32.2. The second-order valence-corrected chi connectivity index (χ2v) is 7.68. The van der Waals surface area contributed by atoms with Gasteiger partial charge in [0.05, 0.1) is 18.1 Å². The summed E-state index contributed by atoms with van der Waals surface area (Å²) in [4.78, 5) is 0. The quantitative estimate of drug-likeness (QED) is 0.911. The minimum atomic E-state index is -2.82. The van der Waals surface area contributed by atoms with Crippen molar-refractivity contribution in [1.82, 2.24) is 5.32 Å². The van der Waals surface area contributed by atoms with Crippen LogP contribution in [0.1, 0.15) is 30.5 Å². The molecule has 2 unspecified atom stereocenters. The molecule has 0 spiro atoms. The van der Waals surface area contributed by atoms with Gasteiger partial charge in [0.2, 0.25) is 0 Å². The second kappa shape index (κ2) is 4.80. The summed E-state index contributed by atoms with van der Waals surface area (Å²) in [6.07, 6.45) is 1.69. The number of nitrogens with one attached hydrogen (secondary N) is 1. The SMILES string of the molecule is CC(NC1CCS(=O)(=O)C1)c1ccc2c(c1)CCO2. The zero-order valence-electron chi connectivity index (χ0n) is 11.1. The number of fused-ring (bicyclic) bond motifs is 1. The highest BCUT2D eigenvalue weighted by Gasteiger charge is 2.28. The molecule has 3 rings (SSSR count). The van der Waals surface area contributed by atoms with Crippen molar-refractivity contribution in [3.63, 3.8) is 0 Å². The van der Waals surface area contributed by atoms with Gasteiger partial charge in [0.15, 0.2) is 9.84 Å². The first-order chi connectivity index (χ1) is 9.03. The Morgan fingerprint density at radius 2 is 2.26 bits per heavy atom. The molecule has 0 aliphatic carbocycles. The molecule has 1 aromatic carbocycles. The topological polar surface area (TPSA) is 55.4 Å². The van der Waals surface area contributed by atoms with Crippen molar-refractivity contribution in [3.8, 4) is 5.75 Å². The van der Waals surface area contributed by atoms with Gasteiger partial charge in [0.25, 0.3) is 0 Å². The molecule has 1 saturated heterocycles. The van der Waals surface area contributed by atoms with Gasteiger partial charge in [-0.05, 0) is 30.5 Å². The predicted octanol–water partition coefficient (Wildman–Crippen LogP) is 1.46. The Balaban J connectivity index is 1.69. The summed E-state index contributed by atoms with van der Waals surface area (Å²) in [6.45, 7) is 2.85. The lowest BCUT2D eigenvalue weighted by atomic mass is 10.0. The van der Waals surface area contributed by atoms with Gasteiger partial charge >= 0.3 is 0 Å². The van der Waals surface area contributed by atoms with Crippen LogP contribution in [-0.4, -0.2) is 32.6 Å². The molecule has 2 aliphatic heterocycles. The standard InChI is InChI=1S/C14H19NO3S/c1-10(15-13-5-7-19(16,17)9-13)11-2-3-14-12(8-11)4-6-18-14/h2-3,8,10,13,15H,4-7,9H2,1H3. The minimum absolute atomic E-state index is 0.0875. The monoisotopic (exact) mass is 281 g/mol. The van der Waals surface area contributed by atoms with Crippen LogP contribution in [0.15, 0.2) is 18.2 Å². The van der Waals surface area contributed by atoms with Crippen molar-refractivity contribution < 1.29 is 13.2 Å². The fourth-order valence-corrected chi connectivity index (χ4v) is 4.54. The summed E-state index contributed by atoms with van der Waals surface area (Å²) >= 11 is 0. The average molecular weight is 281 g/mol. The Kier molecular flexibility index (Phi) is 3.27. The van der Waals surface area contributed by atoms with Crippen LogP contribution in [0.25, 0.3) is 0 Å². The van der Waals surface area contributed by atoms with Crippen LogP contribution in [0, 0.1) is 0 Å². The molecule has 0 radical (unpaired) electrons. The summed E-state index contributed by atoms with van der Waals surface area (Å²) in [7, 11) is -2.82. The van der Waals surface area contributed by atoms with Gasteiger partial charge in [-0.25, -0.2) is 8.42 Å². The van der Waals surface area contributed by atoms with Crippen LogP contribution in [0.3, 0.4) is 0 Å². The maximum Gasteiger partial charge on any atom is 0.151 e. The van der Waals surface area contributed by atoms with Crippen molar-refractivity contribution in [2.45, 2.75) is 31.8 Å². The number of rotatable bonds is 3. The molecule has 0 saturated carbocycles. The molecule has 0 bridgehead atoms. The molecule has 19 heavy (non-hydrogen) atoms. The molecule has 0 aromatic heterocycles. The number of sulfone groups is 1. The van der Waals surface area contributed by atoms with E-state index in [-0.39, 0.29) is 17.8 Å². The van der Waals surface area contributed by atoms with Crippen LogP contribution in [-0.2, 0) is 16.3 Å². The van der Waals surface area contributed by atoms with Gasteiger partial charge in [-0.15, -0.1) is 0 Å². The first kappa shape index (κ1) is 12.9. The molecule has 0 amide bonds. The molecule has 1 fully saturated rings. The number of benzene rings is 1. The Bertz CT molecular complexity index is 582. The first-order valence-electron chi connectivity index (χ1n) is 6.75. The van der Waals surface area contributed by atoms with Gasteiger partial charge in [0, 0.05) is 18.5 Å². The molecule has 2 heterocycles. The molecule has 5 heteroatoms. The lowest BCUT2D eigenvalue weighted by molar-refractivity contribution is 0.356. The molecule has 2 aliphatic rings. The number of hydrogen-bond acceptors (Lipinski definition) is 4. The van der Waals surface area contributed by atoms with E-state index < -0.39 is 9.84 Å². The second-order valence-electron chi connectivity index (χ2n) is 5.45. The van der Waals surface area contributed by atoms with Gasteiger partial charge in [-0.3, -0.25) is 0 Å². The summed E-state index contributed by atoms with van der Waals surface area (Å²) in [5.74, 6) is 1.57. The Morgan fingerprint density at radius 3 is 3.00 bits per heavy atom. The van der Waals surface area contributed by atoms with Crippen LogP contribution in [0.4, 0.5) is 0 Å². The fourth-order valence-electron chi connectivity index (χ4n) is 2.85. The predicted molar refractivity (Wildman–Crippen MR) is 74.3 cm³/mol. The summed E-state index contributed by atoms with van der Waals surface area (Å²) in [6, 6.07) is 6.50. The third-order valence-electron chi connectivity index (χ3n) is 3.93. The molecule has 1 N–H and O–H groups in total. The first-order valence-corrected chi connectivity index (χ1v) is 8.58. The fraction of sp³-hybridized carbons (Fsp3) is 0.571. The molecule has 2 atom stereocenters. The van der Waals surface area contributed by atoms with Gasteiger partial charge < -0.3 is 10.1 Å². The number of ether oxygens (including phenoxy) is 1.